The molecule has 6 heteroatoms. The monoisotopic (exact) mass is 216 g/mol. The summed E-state index contributed by atoms with van der Waals surface area (Å²) in [6.45, 7) is 0. The largest absolute Gasteiger partial charge is 0.422 e. The third-order valence-corrected chi connectivity index (χ3v) is 2.94. The first kappa shape index (κ1) is 11.2. The van der Waals surface area contributed by atoms with Gasteiger partial charge in [0.25, 0.3) is 0 Å². The van der Waals surface area contributed by atoms with Gasteiger partial charge < -0.3 is 5.43 Å². The van der Waals surface area contributed by atoms with Gasteiger partial charge in [0.1, 0.15) is 0 Å². The third kappa shape index (κ3) is 3.12. The Bertz CT molecular complexity index is 310. The van der Waals surface area contributed by atoms with Gasteiger partial charge in [0.05, 0.1) is 0 Å². The lowest BCUT2D eigenvalue weighted by atomic mass is 10.3. The zero-order chi connectivity index (χ0) is 10.4. The molecule has 0 fully saturated rings. The second kappa shape index (κ2) is 5.12. The van der Waals surface area contributed by atoms with Gasteiger partial charge in [-0.2, -0.15) is 0 Å². The maximum Gasteiger partial charge on any atom is 0.422 e. The van der Waals surface area contributed by atoms with Crippen LogP contribution in [0.2, 0.25) is 0 Å². The Morgan fingerprint density at radius 1 is 1.14 bits per heavy atom. The second-order valence-electron chi connectivity index (χ2n) is 2.47. The van der Waals surface area contributed by atoms with Crippen LogP contribution in [-0.4, -0.2) is 14.2 Å². The van der Waals surface area contributed by atoms with E-state index in [4.69, 9.17) is 0 Å². The van der Waals surface area contributed by atoms with Crippen molar-refractivity contribution in [1.29, 1.82) is 0 Å². The Morgan fingerprint density at radius 3 is 2.21 bits per heavy atom. The summed E-state index contributed by atoms with van der Waals surface area (Å²) in [6.07, 6.45) is 0. The molecule has 0 heterocycles. The van der Waals surface area contributed by atoms with Gasteiger partial charge in [-0.15, -0.1) is 5.20 Å². The summed E-state index contributed by atoms with van der Waals surface area (Å²) in [5, 5.41) is 2.47. The Balaban J connectivity index is 2.52. The minimum atomic E-state index is -3.21. The number of hydrogen-bond acceptors (Lipinski definition) is 4. The van der Waals surface area contributed by atoms with E-state index >= 15 is 0 Å². The van der Waals surface area contributed by atoms with Crippen molar-refractivity contribution in [2.24, 2.45) is 0 Å². The topological polar surface area (TPSA) is 59.6 Å². The van der Waals surface area contributed by atoms with Gasteiger partial charge in [-0.3, -0.25) is 9.05 Å². The number of rotatable bonds is 5. The van der Waals surface area contributed by atoms with Crippen LogP contribution in [0, 0.1) is 0 Å². The summed E-state index contributed by atoms with van der Waals surface area (Å²) in [6, 6.07) is 9.24. The lowest BCUT2D eigenvalue weighted by Gasteiger charge is -2.15. The van der Waals surface area contributed by atoms with E-state index in [1.54, 1.807) is 0 Å². The van der Waals surface area contributed by atoms with Crippen LogP contribution in [0.1, 0.15) is 0 Å². The molecule has 2 N–H and O–H groups in total. The molecule has 0 amide bonds. The van der Waals surface area contributed by atoms with E-state index < -0.39 is 7.75 Å². The van der Waals surface area contributed by atoms with Gasteiger partial charge in [0, 0.05) is 19.9 Å². The zero-order valence-electron chi connectivity index (χ0n) is 8.06. The van der Waals surface area contributed by atoms with Crippen molar-refractivity contribution in [1.82, 2.24) is 5.20 Å². The highest BCUT2D eigenvalue weighted by molar-refractivity contribution is 7.51. The first-order valence-corrected chi connectivity index (χ1v) is 5.54. The molecule has 0 saturated carbocycles. The summed E-state index contributed by atoms with van der Waals surface area (Å²) >= 11 is 0. The van der Waals surface area contributed by atoms with Gasteiger partial charge in [-0.1, -0.05) is 18.2 Å². The van der Waals surface area contributed by atoms with E-state index in [0.717, 1.165) is 5.69 Å². The van der Waals surface area contributed by atoms with E-state index in [-0.39, 0.29) is 0 Å². The first-order valence-electron chi connectivity index (χ1n) is 4.00. The lowest BCUT2D eigenvalue weighted by molar-refractivity contribution is 0.267. The molecular formula is C8H13N2O3P. The number of nitrogens with one attached hydrogen (secondary N) is 2. The molecule has 0 spiro atoms. The molecular weight excluding hydrogens is 203 g/mol. The molecule has 0 aliphatic carbocycles. The van der Waals surface area contributed by atoms with Crippen molar-refractivity contribution in [2.75, 3.05) is 19.6 Å². The van der Waals surface area contributed by atoms with Crippen LogP contribution in [0.15, 0.2) is 30.3 Å². The first-order chi connectivity index (χ1) is 6.70. The van der Waals surface area contributed by atoms with E-state index in [9.17, 15) is 4.57 Å². The van der Waals surface area contributed by atoms with Gasteiger partial charge in [0.2, 0.25) is 0 Å². The van der Waals surface area contributed by atoms with Crippen molar-refractivity contribution in [2.45, 2.75) is 0 Å². The molecule has 78 valence electrons. The number of anilines is 1. The van der Waals surface area contributed by atoms with Crippen LogP contribution in [-0.2, 0) is 13.6 Å². The van der Waals surface area contributed by atoms with Gasteiger partial charge >= 0.3 is 7.75 Å². The minimum Gasteiger partial charge on any atom is -0.312 e. The van der Waals surface area contributed by atoms with Crippen molar-refractivity contribution in [3.05, 3.63) is 30.3 Å². The highest BCUT2D eigenvalue weighted by Gasteiger charge is 2.19. The minimum absolute atomic E-state index is 0.779. The van der Waals surface area contributed by atoms with E-state index in [0.29, 0.717) is 0 Å². The normalized spacial score (nSPS) is 11.3. The molecule has 0 radical (unpaired) electrons. The molecule has 0 aliphatic rings. The lowest BCUT2D eigenvalue weighted by Crippen LogP contribution is -2.19. The summed E-state index contributed by atoms with van der Waals surface area (Å²) < 4.78 is 20.8. The Kier molecular flexibility index (Phi) is 4.10. The number of hydrazine groups is 1. The SMILES string of the molecule is COP(=O)(NNc1ccccc1)OC. The molecule has 1 rings (SSSR count). The second-order valence-corrected chi connectivity index (χ2v) is 4.41. The van der Waals surface area contributed by atoms with Crippen molar-refractivity contribution < 1.29 is 13.6 Å². The van der Waals surface area contributed by atoms with Crippen molar-refractivity contribution >= 4 is 13.4 Å². The van der Waals surface area contributed by atoms with Gasteiger partial charge in [-0.05, 0) is 12.1 Å². The summed E-state index contributed by atoms with van der Waals surface area (Å²) in [5.74, 6) is 0. The van der Waals surface area contributed by atoms with Crippen molar-refractivity contribution in [3.63, 3.8) is 0 Å². The quantitative estimate of drug-likeness (QED) is 0.582. The molecule has 0 saturated heterocycles. The number of benzene rings is 1. The predicted molar refractivity (Wildman–Crippen MR) is 54.8 cm³/mol. The van der Waals surface area contributed by atoms with Crippen LogP contribution in [0.4, 0.5) is 5.69 Å². The molecule has 1 aromatic rings. The van der Waals surface area contributed by atoms with E-state index in [1.165, 1.54) is 14.2 Å². The maximum absolute atomic E-state index is 11.5. The summed E-state index contributed by atoms with van der Waals surface area (Å²) in [4.78, 5) is 0. The Morgan fingerprint density at radius 2 is 1.71 bits per heavy atom. The molecule has 0 atom stereocenters. The predicted octanol–water partition coefficient (Wildman–Crippen LogP) is 2.00. The van der Waals surface area contributed by atoms with Crippen LogP contribution >= 0.6 is 7.75 Å². The van der Waals surface area contributed by atoms with Gasteiger partial charge in [-0.25, -0.2) is 4.57 Å². The molecule has 0 bridgehead atoms. The van der Waals surface area contributed by atoms with Crippen LogP contribution in [0.5, 0.6) is 0 Å². The van der Waals surface area contributed by atoms with Crippen molar-refractivity contribution in [3.8, 4) is 0 Å². The smallest absolute Gasteiger partial charge is 0.312 e. The Labute approximate surface area is 83.0 Å². The molecule has 14 heavy (non-hydrogen) atoms. The molecule has 0 aliphatic heterocycles. The van der Waals surface area contributed by atoms with Gasteiger partial charge in [0.15, 0.2) is 0 Å². The molecule has 1 aromatic carbocycles. The number of hydrogen-bond donors (Lipinski definition) is 2. The standard InChI is InChI=1S/C8H13N2O3P/c1-12-14(11,13-2)10-9-8-6-4-3-5-7-8/h3-7,9H,1-2H3,(H,10,11). The Hall–Kier alpha value is -0.870. The van der Waals surface area contributed by atoms with E-state index in [2.05, 4.69) is 19.7 Å². The molecule has 0 unspecified atom stereocenters. The molecule has 5 nitrogen and oxygen atoms in total. The maximum atomic E-state index is 11.5. The highest BCUT2D eigenvalue weighted by Crippen LogP contribution is 2.40. The molecule has 0 aromatic heterocycles. The fourth-order valence-corrected chi connectivity index (χ4v) is 1.42. The highest BCUT2D eigenvalue weighted by atomic mass is 31.2. The van der Waals surface area contributed by atoms with Crippen LogP contribution < -0.4 is 10.6 Å². The van der Waals surface area contributed by atoms with Crippen LogP contribution in [0.25, 0.3) is 0 Å². The van der Waals surface area contributed by atoms with E-state index in [1.807, 2.05) is 30.3 Å². The fraction of sp³-hybridized carbons (Fsp3) is 0.250. The summed E-state index contributed by atoms with van der Waals surface area (Å²) in [7, 11) is -0.589. The number of para-hydroxylation sites is 1. The summed E-state index contributed by atoms with van der Waals surface area (Å²) in [5.41, 5.74) is 3.50. The fourth-order valence-electron chi connectivity index (χ4n) is 0.820. The average molecular weight is 216 g/mol. The zero-order valence-corrected chi connectivity index (χ0v) is 8.95. The third-order valence-electron chi connectivity index (χ3n) is 1.59. The average Bonchev–Trinajstić information content (AvgIpc) is 2.27. The van der Waals surface area contributed by atoms with Crippen LogP contribution in [0.3, 0.4) is 0 Å².